The van der Waals surface area contributed by atoms with Crippen molar-refractivity contribution in [2.24, 2.45) is 0 Å². The Morgan fingerprint density at radius 3 is 2.78 bits per heavy atom. The first-order valence-electron chi connectivity index (χ1n) is 7.66. The summed E-state index contributed by atoms with van der Waals surface area (Å²) in [6.45, 7) is 5.02. The van der Waals surface area contributed by atoms with Crippen LogP contribution in [0, 0.1) is 0 Å². The summed E-state index contributed by atoms with van der Waals surface area (Å²) in [6.07, 6.45) is 8.29. The molecule has 1 heteroatoms. The molecular weight excluding hydrogens is 218 g/mol. The molecule has 0 bridgehead atoms. The van der Waals surface area contributed by atoms with Crippen LogP contribution in [-0.4, -0.2) is 24.0 Å². The van der Waals surface area contributed by atoms with Crippen molar-refractivity contribution >= 4 is 0 Å². The number of nitrogens with zero attached hydrogens (tertiary/aromatic N) is 1. The summed E-state index contributed by atoms with van der Waals surface area (Å²) >= 11 is 0. The van der Waals surface area contributed by atoms with E-state index >= 15 is 0 Å². The van der Waals surface area contributed by atoms with Crippen molar-refractivity contribution in [2.45, 2.75) is 57.4 Å². The lowest BCUT2D eigenvalue weighted by molar-refractivity contribution is 0.238. The highest BCUT2D eigenvalue weighted by atomic mass is 15.2. The molecular formula is C17H25N. The largest absolute Gasteiger partial charge is 0.300 e. The zero-order valence-electron chi connectivity index (χ0n) is 11.6. The quantitative estimate of drug-likeness (QED) is 0.666. The lowest BCUT2D eigenvalue weighted by atomic mass is 9.88. The molecule has 1 aromatic rings. The molecule has 0 amide bonds. The third-order valence-corrected chi connectivity index (χ3v) is 4.93. The van der Waals surface area contributed by atoms with Crippen molar-refractivity contribution in [1.82, 2.24) is 4.90 Å². The Hall–Kier alpha value is -0.820. The second-order valence-corrected chi connectivity index (χ2v) is 6.11. The smallest absolute Gasteiger partial charge is 0.00958 e. The van der Waals surface area contributed by atoms with Gasteiger partial charge in [-0.15, -0.1) is 0 Å². The number of fused-ring (bicyclic) bond motifs is 2. The Balaban J connectivity index is 1.82. The number of benzene rings is 1. The van der Waals surface area contributed by atoms with Gasteiger partial charge >= 0.3 is 0 Å². The van der Waals surface area contributed by atoms with Gasteiger partial charge in [0, 0.05) is 12.6 Å². The van der Waals surface area contributed by atoms with Gasteiger partial charge in [-0.1, -0.05) is 37.6 Å². The Morgan fingerprint density at radius 1 is 1.00 bits per heavy atom. The summed E-state index contributed by atoms with van der Waals surface area (Å²) in [5.74, 6) is 0.745. The molecule has 1 fully saturated rings. The van der Waals surface area contributed by atoms with Gasteiger partial charge in [0.25, 0.3) is 0 Å². The Kier molecular flexibility index (Phi) is 3.69. The van der Waals surface area contributed by atoms with Crippen LogP contribution in [0.5, 0.6) is 0 Å². The summed E-state index contributed by atoms with van der Waals surface area (Å²) < 4.78 is 0. The van der Waals surface area contributed by atoms with Crippen LogP contribution in [0.25, 0.3) is 0 Å². The van der Waals surface area contributed by atoms with E-state index in [4.69, 9.17) is 0 Å². The molecule has 1 nitrogen and oxygen atoms in total. The Bertz CT molecular complexity index is 398. The van der Waals surface area contributed by atoms with Gasteiger partial charge in [-0.05, 0) is 55.7 Å². The fourth-order valence-electron chi connectivity index (χ4n) is 3.84. The minimum atomic E-state index is 0.745. The first-order chi connectivity index (χ1) is 8.84. The molecule has 0 radical (unpaired) electrons. The summed E-state index contributed by atoms with van der Waals surface area (Å²) in [7, 11) is 0. The number of hydrogen-bond donors (Lipinski definition) is 0. The molecule has 2 unspecified atom stereocenters. The average molecular weight is 243 g/mol. The second-order valence-electron chi connectivity index (χ2n) is 6.11. The summed E-state index contributed by atoms with van der Waals surface area (Å²) in [5.41, 5.74) is 3.20. The molecule has 0 saturated carbocycles. The first-order valence-corrected chi connectivity index (χ1v) is 7.66. The van der Waals surface area contributed by atoms with E-state index in [0.717, 1.165) is 12.0 Å². The van der Waals surface area contributed by atoms with Crippen molar-refractivity contribution < 1.29 is 0 Å². The zero-order valence-corrected chi connectivity index (χ0v) is 11.6. The summed E-state index contributed by atoms with van der Waals surface area (Å²) in [6, 6.07) is 10.0. The third kappa shape index (κ3) is 2.47. The van der Waals surface area contributed by atoms with Crippen molar-refractivity contribution in [2.75, 3.05) is 13.1 Å². The number of hydrogen-bond acceptors (Lipinski definition) is 1. The molecule has 18 heavy (non-hydrogen) atoms. The van der Waals surface area contributed by atoms with Crippen LogP contribution in [0.1, 0.15) is 56.1 Å². The molecule has 2 atom stereocenters. The van der Waals surface area contributed by atoms with E-state index in [-0.39, 0.29) is 0 Å². The van der Waals surface area contributed by atoms with Gasteiger partial charge in [0.15, 0.2) is 0 Å². The van der Waals surface area contributed by atoms with Gasteiger partial charge in [0.05, 0.1) is 0 Å². The highest BCUT2D eigenvalue weighted by Gasteiger charge is 2.25. The first kappa shape index (κ1) is 12.2. The molecule has 2 aliphatic rings. The lowest BCUT2D eigenvalue weighted by Gasteiger charge is -2.28. The van der Waals surface area contributed by atoms with Gasteiger partial charge in [0.2, 0.25) is 0 Å². The van der Waals surface area contributed by atoms with Crippen LogP contribution in [0.3, 0.4) is 0 Å². The molecule has 1 saturated heterocycles. The van der Waals surface area contributed by atoms with Crippen molar-refractivity contribution in [1.29, 1.82) is 0 Å². The average Bonchev–Trinajstić information content (AvgIpc) is 2.84. The topological polar surface area (TPSA) is 3.24 Å². The van der Waals surface area contributed by atoms with Gasteiger partial charge in [-0.2, -0.15) is 0 Å². The van der Waals surface area contributed by atoms with Gasteiger partial charge < -0.3 is 4.90 Å². The fourth-order valence-corrected chi connectivity index (χ4v) is 3.84. The van der Waals surface area contributed by atoms with Crippen LogP contribution < -0.4 is 0 Å². The molecule has 0 aliphatic carbocycles. The molecule has 0 N–H and O–H groups in total. The normalized spacial score (nSPS) is 29.6. The van der Waals surface area contributed by atoms with Crippen LogP contribution in [-0.2, 0) is 6.42 Å². The molecule has 2 aliphatic heterocycles. The van der Waals surface area contributed by atoms with E-state index in [1.807, 2.05) is 0 Å². The van der Waals surface area contributed by atoms with Crippen LogP contribution in [0.4, 0.5) is 0 Å². The highest BCUT2D eigenvalue weighted by Crippen LogP contribution is 2.30. The van der Waals surface area contributed by atoms with E-state index < -0.39 is 0 Å². The minimum Gasteiger partial charge on any atom is -0.300 e. The highest BCUT2D eigenvalue weighted by molar-refractivity contribution is 5.30. The van der Waals surface area contributed by atoms with Gasteiger partial charge in [-0.3, -0.25) is 0 Å². The van der Waals surface area contributed by atoms with Crippen molar-refractivity contribution in [3.05, 3.63) is 35.4 Å². The molecule has 0 aromatic heterocycles. The van der Waals surface area contributed by atoms with Crippen molar-refractivity contribution in [3.63, 3.8) is 0 Å². The molecule has 3 rings (SSSR count). The predicted molar refractivity (Wildman–Crippen MR) is 77.0 cm³/mol. The maximum Gasteiger partial charge on any atom is 0.00958 e. The molecule has 98 valence electrons. The second kappa shape index (κ2) is 5.44. The van der Waals surface area contributed by atoms with Crippen molar-refractivity contribution in [3.8, 4) is 0 Å². The van der Waals surface area contributed by atoms with E-state index in [2.05, 4.69) is 36.1 Å². The van der Waals surface area contributed by atoms with Gasteiger partial charge in [0.1, 0.15) is 0 Å². The zero-order chi connectivity index (χ0) is 12.4. The molecule has 1 aromatic carbocycles. The molecule has 0 spiro atoms. The predicted octanol–water partition coefficient (Wildman–Crippen LogP) is 3.98. The monoisotopic (exact) mass is 243 g/mol. The standard InChI is InChI=1S/C17H25N/c1-14-6-4-8-16-9-5-12-18(16)13-11-15-7-2-3-10-17(14)15/h2-3,7,10,14,16H,4-6,8-9,11-13H2,1H3. The van der Waals surface area contributed by atoms with E-state index in [9.17, 15) is 0 Å². The minimum absolute atomic E-state index is 0.745. The SMILES string of the molecule is CC1CCCC2CCCN2CCc2ccccc21. The third-order valence-electron chi connectivity index (χ3n) is 4.93. The summed E-state index contributed by atoms with van der Waals surface area (Å²) in [5, 5.41) is 0. The van der Waals surface area contributed by atoms with E-state index in [0.29, 0.717) is 0 Å². The molecule has 2 heterocycles. The van der Waals surface area contributed by atoms with E-state index in [1.165, 1.54) is 51.6 Å². The van der Waals surface area contributed by atoms with Gasteiger partial charge in [-0.25, -0.2) is 0 Å². The Labute approximate surface area is 111 Å². The van der Waals surface area contributed by atoms with Crippen LogP contribution in [0.15, 0.2) is 24.3 Å². The lowest BCUT2D eigenvalue weighted by Crippen LogP contribution is -2.32. The maximum atomic E-state index is 2.74. The van der Waals surface area contributed by atoms with Crippen LogP contribution in [0.2, 0.25) is 0 Å². The fraction of sp³-hybridized carbons (Fsp3) is 0.647. The van der Waals surface area contributed by atoms with Crippen LogP contribution >= 0.6 is 0 Å². The number of rotatable bonds is 0. The summed E-state index contributed by atoms with van der Waals surface area (Å²) in [4.78, 5) is 2.74. The Morgan fingerprint density at radius 2 is 1.83 bits per heavy atom. The maximum absolute atomic E-state index is 2.74. The van der Waals surface area contributed by atoms with E-state index in [1.54, 1.807) is 11.1 Å².